The highest BCUT2D eigenvalue weighted by molar-refractivity contribution is 5.90. The molecule has 3 aromatic rings. The number of fused-ring (bicyclic) bond motifs is 1. The molecule has 1 fully saturated rings. The Hall–Kier alpha value is -3.15. The molecule has 6 heteroatoms. The van der Waals surface area contributed by atoms with Crippen LogP contribution in [0.4, 0.5) is 5.69 Å². The number of hydrogen-bond acceptors (Lipinski definition) is 4. The summed E-state index contributed by atoms with van der Waals surface area (Å²) in [6, 6.07) is 13.3. The Kier molecular flexibility index (Phi) is 5.10. The van der Waals surface area contributed by atoms with E-state index in [2.05, 4.69) is 9.97 Å². The van der Waals surface area contributed by atoms with Gasteiger partial charge in [0, 0.05) is 17.3 Å². The number of amides is 1. The number of carbonyl (C=O) groups excluding carboxylic acids is 2. The Labute approximate surface area is 163 Å². The largest absolute Gasteiger partial charge is 0.465 e. The maximum Gasteiger partial charge on any atom is 0.337 e. The zero-order chi connectivity index (χ0) is 19.5. The van der Waals surface area contributed by atoms with E-state index in [0.29, 0.717) is 5.56 Å². The first-order valence-electron chi connectivity index (χ1n) is 9.62. The van der Waals surface area contributed by atoms with E-state index in [1.807, 2.05) is 35.2 Å². The minimum Gasteiger partial charge on any atom is -0.465 e. The molecular formula is C22H23N3O3. The average molecular weight is 377 g/mol. The lowest BCUT2D eigenvalue weighted by Gasteiger charge is -2.31. The first-order chi connectivity index (χ1) is 13.7. The Morgan fingerprint density at radius 2 is 1.89 bits per heavy atom. The van der Waals surface area contributed by atoms with Crippen molar-refractivity contribution >= 4 is 29.1 Å². The van der Waals surface area contributed by atoms with Crippen molar-refractivity contribution in [1.29, 1.82) is 0 Å². The number of carbonyl (C=O) groups is 2. The van der Waals surface area contributed by atoms with Crippen molar-refractivity contribution in [3.63, 3.8) is 0 Å². The number of esters is 1. The van der Waals surface area contributed by atoms with Gasteiger partial charge in [0.25, 0.3) is 0 Å². The van der Waals surface area contributed by atoms with Crippen LogP contribution in [0.2, 0.25) is 0 Å². The summed E-state index contributed by atoms with van der Waals surface area (Å²) in [7, 11) is 1.36. The summed E-state index contributed by atoms with van der Waals surface area (Å²) >= 11 is 0. The Balaban J connectivity index is 1.62. The maximum absolute atomic E-state index is 11.7. The van der Waals surface area contributed by atoms with Crippen LogP contribution in [0, 0.1) is 0 Å². The number of hydrogen-bond donors (Lipinski definition) is 1. The van der Waals surface area contributed by atoms with Gasteiger partial charge in [0.1, 0.15) is 5.82 Å². The van der Waals surface area contributed by atoms with Crippen molar-refractivity contribution in [2.24, 2.45) is 0 Å². The molecule has 0 unspecified atom stereocenters. The third-order valence-corrected chi connectivity index (χ3v) is 5.43. The van der Waals surface area contributed by atoms with Gasteiger partial charge in [-0.3, -0.25) is 4.79 Å². The van der Waals surface area contributed by atoms with Crippen molar-refractivity contribution < 1.29 is 14.3 Å². The summed E-state index contributed by atoms with van der Waals surface area (Å²) in [4.78, 5) is 33.2. The van der Waals surface area contributed by atoms with Gasteiger partial charge in [-0.25, -0.2) is 9.78 Å². The highest BCUT2D eigenvalue weighted by Crippen LogP contribution is 2.29. The van der Waals surface area contributed by atoms with Crippen molar-refractivity contribution in [2.45, 2.75) is 38.1 Å². The van der Waals surface area contributed by atoms with Crippen LogP contribution < -0.4 is 4.90 Å². The molecule has 1 aromatic heterocycles. The van der Waals surface area contributed by atoms with Gasteiger partial charge in [-0.2, -0.15) is 0 Å². The number of benzene rings is 2. The van der Waals surface area contributed by atoms with Crippen LogP contribution in [0.5, 0.6) is 0 Å². The van der Waals surface area contributed by atoms with Crippen molar-refractivity contribution in [2.75, 3.05) is 12.0 Å². The second kappa shape index (κ2) is 7.84. The number of rotatable bonds is 5. The van der Waals surface area contributed by atoms with E-state index in [0.717, 1.165) is 47.4 Å². The van der Waals surface area contributed by atoms with E-state index in [9.17, 15) is 9.59 Å². The maximum atomic E-state index is 11.7. The smallest absolute Gasteiger partial charge is 0.337 e. The second-order valence-corrected chi connectivity index (χ2v) is 7.16. The fourth-order valence-corrected chi connectivity index (χ4v) is 3.89. The van der Waals surface area contributed by atoms with Crippen LogP contribution in [0.3, 0.4) is 0 Å². The molecule has 1 N–H and O–H groups in total. The standard InChI is InChI=1S/C22H23N3O3/c1-28-22(27)16-9-7-15(8-10-16)21-23-19-12-11-18(13-20(19)24-21)25(14-26)17-5-3-2-4-6-17/h7-14,17H,2-6H2,1H3,(H,23,24). The van der Waals surface area contributed by atoms with Crippen LogP contribution in [-0.2, 0) is 9.53 Å². The third kappa shape index (κ3) is 3.50. The molecule has 0 bridgehead atoms. The molecule has 0 saturated heterocycles. The SMILES string of the molecule is COC(=O)c1ccc(-c2nc3cc(N(C=O)C4CCCCC4)ccc3[nH]2)cc1. The topological polar surface area (TPSA) is 75.3 Å². The lowest BCUT2D eigenvalue weighted by Crippen LogP contribution is -2.35. The zero-order valence-corrected chi connectivity index (χ0v) is 15.9. The third-order valence-electron chi connectivity index (χ3n) is 5.43. The number of methoxy groups -OCH3 is 1. The molecule has 28 heavy (non-hydrogen) atoms. The highest BCUT2D eigenvalue weighted by atomic mass is 16.5. The fourth-order valence-electron chi connectivity index (χ4n) is 3.89. The van der Waals surface area contributed by atoms with Gasteiger partial charge < -0.3 is 14.6 Å². The van der Waals surface area contributed by atoms with Crippen LogP contribution in [0.25, 0.3) is 22.4 Å². The number of H-pyrrole nitrogens is 1. The molecule has 4 rings (SSSR count). The first-order valence-corrected chi connectivity index (χ1v) is 9.62. The van der Waals surface area contributed by atoms with E-state index >= 15 is 0 Å². The summed E-state index contributed by atoms with van der Waals surface area (Å²) in [6.45, 7) is 0. The molecule has 0 spiro atoms. The van der Waals surface area contributed by atoms with Crippen molar-refractivity contribution in [3.8, 4) is 11.4 Å². The van der Waals surface area contributed by atoms with E-state index in [4.69, 9.17) is 4.74 Å². The lowest BCUT2D eigenvalue weighted by atomic mass is 9.94. The van der Waals surface area contributed by atoms with Crippen LogP contribution in [-0.4, -0.2) is 35.5 Å². The number of aromatic nitrogens is 2. The zero-order valence-electron chi connectivity index (χ0n) is 15.9. The van der Waals surface area contributed by atoms with Crippen molar-refractivity contribution in [1.82, 2.24) is 9.97 Å². The van der Waals surface area contributed by atoms with Gasteiger partial charge in [0.2, 0.25) is 6.41 Å². The predicted octanol–water partition coefficient (Wildman–Crippen LogP) is 4.31. The first kappa shape index (κ1) is 18.2. The van der Waals surface area contributed by atoms with Gasteiger partial charge in [-0.1, -0.05) is 31.4 Å². The molecule has 144 valence electrons. The Morgan fingerprint density at radius 3 is 2.57 bits per heavy atom. The van der Waals surface area contributed by atoms with Gasteiger partial charge in [0.15, 0.2) is 0 Å². The molecule has 0 radical (unpaired) electrons. The van der Waals surface area contributed by atoms with Gasteiger partial charge in [-0.05, 0) is 43.2 Å². The van der Waals surface area contributed by atoms with E-state index in [-0.39, 0.29) is 12.0 Å². The summed E-state index contributed by atoms with van der Waals surface area (Å²) < 4.78 is 4.73. The molecule has 0 atom stereocenters. The predicted molar refractivity (Wildman–Crippen MR) is 108 cm³/mol. The summed E-state index contributed by atoms with van der Waals surface area (Å²) in [5.74, 6) is 0.358. The highest BCUT2D eigenvalue weighted by Gasteiger charge is 2.21. The molecule has 1 aliphatic carbocycles. The number of anilines is 1. The summed E-state index contributed by atoms with van der Waals surface area (Å²) in [5.41, 5.74) is 3.98. The second-order valence-electron chi connectivity index (χ2n) is 7.16. The fraction of sp³-hybridized carbons (Fsp3) is 0.318. The van der Waals surface area contributed by atoms with Crippen LogP contribution in [0.15, 0.2) is 42.5 Å². The minimum atomic E-state index is -0.363. The van der Waals surface area contributed by atoms with Gasteiger partial charge >= 0.3 is 5.97 Å². The summed E-state index contributed by atoms with van der Waals surface area (Å²) in [6.07, 6.45) is 6.64. The minimum absolute atomic E-state index is 0.271. The van der Waals surface area contributed by atoms with E-state index in [1.165, 1.54) is 26.4 Å². The molecule has 1 heterocycles. The van der Waals surface area contributed by atoms with Crippen LogP contribution >= 0.6 is 0 Å². The molecule has 1 aliphatic rings. The monoisotopic (exact) mass is 377 g/mol. The Bertz CT molecular complexity index is 988. The number of nitrogens with zero attached hydrogens (tertiary/aromatic N) is 2. The van der Waals surface area contributed by atoms with E-state index < -0.39 is 0 Å². The lowest BCUT2D eigenvalue weighted by molar-refractivity contribution is -0.108. The summed E-state index contributed by atoms with van der Waals surface area (Å²) in [5, 5.41) is 0. The molecule has 1 saturated carbocycles. The number of nitrogens with one attached hydrogen (secondary N) is 1. The Morgan fingerprint density at radius 1 is 1.14 bits per heavy atom. The molecule has 0 aliphatic heterocycles. The number of ether oxygens (including phenoxy) is 1. The number of aromatic amines is 1. The molecule has 6 nitrogen and oxygen atoms in total. The van der Waals surface area contributed by atoms with Gasteiger partial charge in [0.05, 0.1) is 23.7 Å². The molecule has 2 aromatic carbocycles. The average Bonchev–Trinajstić information content (AvgIpc) is 3.18. The molecular weight excluding hydrogens is 354 g/mol. The van der Waals surface area contributed by atoms with Gasteiger partial charge in [-0.15, -0.1) is 0 Å². The van der Waals surface area contributed by atoms with Crippen molar-refractivity contribution in [3.05, 3.63) is 48.0 Å². The normalized spacial score (nSPS) is 14.8. The van der Waals surface area contributed by atoms with E-state index in [1.54, 1.807) is 12.1 Å². The number of imidazole rings is 1. The quantitative estimate of drug-likeness (QED) is 0.531. The van der Waals surface area contributed by atoms with Crippen LogP contribution in [0.1, 0.15) is 42.5 Å². The molecule has 1 amide bonds.